The van der Waals surface area contributed by atoms with Crippen LogP contribution in [-0.4, -0.2) is 23.8 Å². The van der Waals surface area contributed by atoms with E-state index in [1.165, 1.54) is 0 Å². The number of benzene rings is 2. The van der Waals surface area contributed by atoms with Crippen molar-refractivity contribution >= 4 is 34.4 Å². The second kappa shape index (κ2) is 8.97. The first-order valence-electron chi connectivity index (χ1n) is 9.26. The molecule has 1 heterocycles. The number of amides is 1. The summed E-state index contributed by atoms with van der Waals surface area (Å²) in [6.45, 7) is 6.55. The van der Waals surface area contributed by atoms with E-state index in [9.17, 15) is 4.79 Å². The maximum absolute atomic E-state index is 12.7. The summed E-state index contributed by atoms with van der Waals surface area (Å²) in [5, 5.41) is 3.99. The van der Waals surface area contributed by atoms with E-state index < -0.39 is 0 Å². The highest BCUT2D eigenvalue weighted by molar-refractivity contribution is 7.99. The lowest BCUT2D eigenvalue weighted by molar-refractivity contribution is 0.0940. The number of nitrogens with zero attached hydrogens (tertiary/aromatic N) is 1. The number of hydrogen-bond acceptors (Lipinski definition) is 5. The number of nitrogens with one attached hydrogen (secondary N) is 2. The number of ether oxygens (including phenoxy) is 1. The third kappa shape index (κ3) is 4.57. The number of pyridine rings is 1. The van der Waals surface area contributed by atoms with Gasteiger partial charge in [-0.1, -0.05) is 24.1 Å². The molecule has 0 bridgehead atoms. The van der Waals surface area contributed by atoms with Crippen LogP contribution in [0, 0.1) is 6.92 Å². The van der Waals surface area contributed by atoms with E-state index in [0.717, 1.165) is 27.7 Å². The Labute approximate surface area is 170 Å². The van der Waals surface area contributed by atoms with Crippen LogP contribution in [0.5, 0.6) is 5.88 Å². The molecular weight excluding hydrogens is 370 g/mol. The van der Waals surface area contributed by atoms with Gasteiger partial charge in [0, 0.05) is 29.0 Å². The molecule has 0 aliphatic carbocycles. The summed E-state index contributed by atoms with van der Waals surface area (Å²) in [7, 11) is 0. The Morgan fingerprint density at radius 1 is 1.18 bits per heavy atom. The van der Waals surface area contributed by atoms with Crippen molar-refractivity contribution in [3.05, 3.63) is 65.2 Å². The third-order valence-electron chi connectivity index (χ3n) is 4.53. The zero-order valence-corrected chi connectivity index (χ0v) is 17.4. The molecule has 1 atom stereocenters. The lowest BCUT2D eigenvalue weighted by Gasteiger charge is -2.17. The van der Waals surface area contributed by atoms with E-state index in [0.29, 0.717) is 18.1 Å². The Morgan fingerprint density at radius 2 is 2.00 bits per heavy atom. The molecule has 1 aromatic heterocycles. The highest BCUT2D eigenvalue weighted by Crippen LogP contribution is 2.23. The maximum atomic E-state index is 12.7. The van der Waals surface area contributed by atoms with Gasteiger partial charge in [-0.05, 0) is 62.2 Å². The van der Waals surface area contributed by atoms with E-state index in [1.54, 1.807) is 18.0 Å². The summed E-state index contributed by atoms with van der Waals surface area (Å²) < 4.78 is 8.68. The number of fused-ring (bicyclic) bond motifs is 1. The maximum Gasteiger partial charge on any atom is 0.251 e. The molecule has 1 amide bonds. The van der Waals surface area contributed by atoms with Crippen LogP contribution < -0.4 is 14.8 Å². The Balaban J connectivity index is 1.74. The molecule has 0 saturated heterocycles. The number of aryl methyl sites for hydroxylation is 1. The van der Waals surface area contributed by atoms with Crippen molar-refractivity contribution in [3.63, 3.8) is 0 Å². The monoisotopic (exact) mass is 395 g/mol. The number of carbonyl (C=O) groups excluding carboxylic acids is 1. The van der Waals surface area contributed by atoms with Crippen molar-refractivity contribution < 1.29 is 9.53 Å². The summed E-state index contributed by atoms with van der Waals surface area (Å²) >= 11 is 1.56. The van der Waals surface area contributed by atoms with Crippen LogP contribution in [0.25, 0.3) is 10.9 Å². The molecule has 3 rings (SSSR count). The lowest BCUT2D eigenvalue weighted by Crippen LogP contribution is -2.26. The van der Waals surface area contributed by atoms with E-state index in [2.05, 4.69) is 28.0 Å². The molecule has 3 aromatic rings. The number of aromatic nitrogens is 1. The Kier molecular flexibility index (Phi) is 6.41. The van der Waals surface area contributed by atoms with E-state index in [-0.39, 0.29) is 11.9 Å². The van der Waals surface area contributed by atoms with Crippen LogP contribution in [0.15, 0.2) is 48.5 Å². The predicted octanol–water partition coefficient (Wildman–Crippen LogP) is 5.12. The summed E-state index contributed by atoms with van der Waals surface area (Å²) in [6, 6.07) is 15.3. The Bertz CT molecular complexity index is 991. The number of anilines is 1. The van der Waals surface area contributed by atoms with Crippen LogP contribution in [-0.2, 0) is 0 Å². The van der Waals surface area contributed by atoms with Gasteiger partial charge in [-0.25, -0.2) is 4.98 Å². The fourth-order valence-corrected chi connectivity index (χ4v) is 3.47. The minimum absolute atomic E-state index is 0.0938. The predicted molar refractivity (Wildman–Crippen MR) is 117 cm³/mol. The van der Waals surface area contributed by atoms with Crippen LogP contribution in [0.4, 0.5) is 5.69 Å². The molecule has 2 N–H and O–H groups in total. The Morgan fingerprint density at radius 3 is 2.71 bits per heavy atom. The average Bonchev–Trinajstić information content (AvgIpc) is 2.69. The summed E-state index contributed by atoms with van der Waals surface area (Å²) in [5.74, 6) is 0.489. The van der Waals surface area contributed by atoms with Crippen molar-refractivity contribution in [3.8, 4) is 5.88 Å². The molecular formula is C22H25N3O2S. The van der Waals surface area contributed by atoms with Gasteiger partial charge in [0.1, 0.15) is 0 Å². The number of rotatable bonds is 7. The van der Waals surface area contributed by atoms with E-state index >= 15 is 0 Å². The highest BCUT2D eigenvalue weighted by Gasteiger charge is 2.13. The van der Waals surface area contributed by atoms with Gasteiger partial charge in [-0.15, -0.1) is 0 Å². The third-order valence-corrected chi connectivity index (χ3v) is 4.95. The standard InChI is InChI=1S/C22H25N3O2S/c1-5-27-21-11-8-17-13-18(7-10-20(17)24-21)22(26)23-15(3)16-6-9-19(25-28-4)14(2)12-16/h6-13,15,25H,5H2,1-4H3,(H,23,26)/t15-/m1/s1. The zero-order valence-electron chi connectivity index (χ0n) is 16.6. The molecule has 0 unspecified atom stereocenters. The molecule has 0 aliphatic rings. The molecule has 6 heteroatoms. The summed E-state index contributed by atoms with van der Waals surface area (Å²) in [5.41, 5.74) is 4.73. The van der Waals surface area contributed by atoms with Crippen LogP contribution in [0.2, 0.25) is 0 Å². The molecule has 28 heavy (non-hydrogen) atoms. The van der Waals surface area contributed by atoms with Crippen LogP contribution in [0.3, 0.4) is 0 Å². The molecule has 5 nitrogen and oxygen atoms in total. The van der Waals surface area contributed by atoms with Gasteiger partial charge in [0.05, 0.1) is 18.2 Å². The minimum Gasteiger partial charge on any atom is -0.478 e. The molecule has 2 aromatic carbocycles. The Hall–Kier alpha value is -2.73. The number of hydrogen-bond donors (Lipinski definition) is 2. The first kappa shape index (κ1) is 20.0. The average molecular weight is 396 g/mol. The fourth-order valence-electron chi connectivity index (χ4n) is 3.02. The second-order valence-corrected chi connectivity index (χ2v) is 7.18. The van der Waals surface area contributed by atoms with Gasteiger partial charge < -0.3 is 14.8 Å². The highest BCUT2D eigenvalue weighted by atomic mass is 32.2. The minimum atomic E-state index is -0.104. The van der Waals surface area contributed by atoms with E-state index in [4.69, 9.17) is 4.74 Å². The smallest absolute Gasteiger partial charge is 0.251 e. The lowest BCUT2D eigenvalue weighted by atomic mass is 10.0. The van der Waals surface area contributed by atoms with Gasteiger partial charge >= 0.3 is 0 Å². The van der Waals surface area contributed by atoms with E-state index in [1.807, 2.05) is 56.5 Å². The van der Waals surface area contributed by atoms with Gasteiger partial charge in [-0.3, -0.25) is 4.79 Å². The molecule has 0 fully saturated rings. The van der Waals surface area contributed by atoms with Crippen LogP contribution >= 0.6 is 11.9 Å². The molecule has 0 aliphatic heterocycles. The van der Waals surface area contributed by atoms with Crippen molar-refractivity contribution in [2.45, 2.75) is 26.8 Å². The van der Waals surface area contributed by atoms with Gasteiger partial charge in [0.25, 0.3) is 5.91 Å². The fraction of sp³-hybridized carbons (Fsp3) is 0.273. The molecule has 146 valence electrons. The van der Waals surface area contributed by atoms with Crippen LogP contribution in [0.1, 0.15) is 41.4 Å². The second-order valence-electron chi connectivity index (χ2n) is 6.57. The normalized spacial score (nSPS) is 11.9. The quantitative estimate of drug-likeness (QED) is 0.544. The topological polar surface area (TPSA) is 63.2 Å². The first-order valence-corrected chi connectivity index (χ1v) is 10.5. The van der Waals surface area contributed by atoms with Crippen molar-refractivity contribution in [1.29, 1.82) is 0 Å². The molecule has 0 saturated carbocycles. The number of carbonyl (C=O) groups is 1. The van der Waals surface area contributed by atoms with Crippen molar-refractivity contribution in [1.82, 2.24) is 10.3 Å². The van der Waals surface area contributed by atoms with Gasteiger partial charge in [0.15, 0.2) is 0 Å². The van der Waals surface area contributed by atoms with Crippen molar-refractivity contribution in [2.75, 3.05) is 17.6 Å². The van der Waals surface area contributed by atoms with Crippen molar-refractivity contribution in [2.24, 2.45) is 0 Å². The molecule has 0 radical (unpaired) electrons. The summed E-state index contributed by atoms with van der Waals surface area (Å²) in [4.78, 5) is 17.2. The largest absolute Gasteiger partial charge is 0.478 e. The SMILES string of the molecule is CCOc1ccc2cc(C(=O)N[C@H](C)c3ccc(NSC)c(C)c3)ccc2n1. The van der Waals surface area contributed by atoms with Gasteiger partial charge in [0.2, 0.25) is 5.88 Å². The van der Waals surface area contributed by atoms with Gasteiger partial charge in [-0.2, -0.15) is 0 Å². The summed E-state index contributed by atoms with van der Waals surface area (Å²) in [6.07, 6.45) is 1.99. The first-order chi connectivity index (χ1) is 13.5. The zero-order chi connectivity index (χ0) is 20.1. The molecule has 0 spiro atoms.